The van der Waals surface area contributed by atoms with Gasteiger partial charge in [0.2, 0.25) is 0 Å². The van der Waals surface area contributed by atoms with Crippen LogP contribution in [-0.2, 0) is 13.5 Å². The summed E-state index contributed by atoms with van der Waals surface area (Å²) in [6.07, 6.45) is 3.09. The van der Waals surface area contributed by atoms with Crippen molar-refractivity contribution in [2.24, 2.45) is 7.05 Å². The molecule has 0 saturated heterocycles. The van der Waals surface area contributed by atoms with Crippen molar-refractivity contribution in [1.29, 1.82) is 0 Å². The number of hydrogen-bond donors (Lipinski definition) is 0. The van der Waals surface area contributed by atoms with Crippen molar-refractivity contribution < 1.29 is 0 Å². The predicted molar refractivity (Wildman–Crippen MR) is 72.5 cm³/mol. The molecule has 2 nitrogen and oxygen atoms in total. The van der Waals surface area contributed by atoms with Gasteiger partial charge in [-0.3, -0.25) is 4.79 Å². The molecule has 17 heavy (non-hydrogen) atoms. The van der Waals surface area contributed by atoms with E-state index in [0.29, 0.717) is 0 Å². The number of rotatable bonds is 3. The number of aryl methyl sites for hydroxylation is 2. The van der Waals surface area contributed by atoms with Gasteiger partial charge in [0.05, 0.1) is 5.52 Å². The third kappa shape index (κ3) is 1.99. The van der Waals surface area contributed by atoms with E-state index in [1.807, 2.05) is 25.2 Å². The van der Waals surface area contributed by atoms with Gasteiger partial charge in [0, 0.05) is 18.0 Å². The average molecular weight is 229 g/mol. The van der Waals surface area contributed by atoms with E-state index in [-0.39, 0.29) is 5.56 Å². The summed E-state index contributed by atoms with van der Waals surface area (Å²) in [5, 5.41) is 1.20. The number of para-hydroxylation sites is 1. The minimum atomic E-state index is 0.162. The molecule has 0 unspecified atom stereocenters. The summed E-state index contributed by atoms with van der Waals surface area (Å²) < 4.78 is 1.77. The molecular formula is C15H19NO. The van der Waals surface area contributed by atoms with E-state index < -0.39 is 0 Å². The Morgan fingerprint density at radius 2 is 1.94 bits per heavy atom. The molecule has 90 valence electrons. The SMILES string of the molecule is CCCCc1c(C)c2ccccc2n(C)c1=O. The third-order valence-electron chi connectivity index (χ3n) is 3.47. The maximum Gasteiger partial charge on any atom is 0.254 e. The summed E-state index contributed by atoms with van der Waals surface area (Å²) in [6.45, 7) is 4.22. The third-order valence-corrected chi connectivity index (χ3v) is 3.47. The van der Waals surface area contributed by atoms with Gasteiger partial charge in [-0.1, -0.05) is 31.5 Å². The van der Waals surface area contributed by atoms with Gasteiger partial charge in [-0.15, -0.1) is 0 Å². The Hall–Kier alpha value is -1.57. The van der Waals surface area contributed by atoms with Gasteiger partial charge in [0.25, 0.3) is 5.56 Å². The van der Waals surface area contributed by atoms with Crippen LogP contribution in [0.2, 0.25) is 0 Å². The van der Waals surface area contributed by atoms with Crippen LogP contribution in [-0.4, -0.2) is 4.57 Å². The zero-order chi connectivity index (χ0) is 12.4. The van der Waals surface area contributed by atoms with E-state index in [2.05, 4.69) is 19.9 Å². The standard InChI is InChI=1S/C15H19NO/c1-4-5-8-13-11(2)12-9-6-7-10-14(12)16(3)15(13)17/h6-7,9-10H,4-5,8H2,1-3H3. The highest BCUT2D eigenvalue weighted by atomic mass is 16.1. The first-order valence-corrected chi connectivity index (χ1v) is 6.24. The molecule has 0 aliphatic carbocycles. The van der Waals surface area contributed by atoms with Crippen LogP contribution in [0.25, 0.3) is 10.9 Å². The highest BCUT2D eigenvalue weighted by Gasteiger charge is 2.10. The highest BCUT2D eigenvalue weighted by molar-refractivity contribution is 5.83. The van der Waals surface area contributed by atoms with Crippen LogP contribution >= 0.6 is 0 Å². The maximum absolute atomic E-state index is 12.3. The molecule has 0 atom stereocenters. The minimum absolute atomic E-state index is 0.162. The average Bonchev–Trinajstić information content (AvgIpc) is 2.36. The zero-order valence-corrected chi connectivity index (χ0v) is 10.8. The number of hydrogen-bond acceptors (Lipinski definition) is 1. The topological polar surface area (TPSA) is 22.0 Å². The molecule has 2 heteroatoms. The molecule has 0 aliphatic heterocycles. The monoisotopic (exact) mass is 229 g/mol. The highest BCUT2D eigenvalue weighted by Crippen LogP contribution is 2.19. The van der Waals surface area contributed by atoms with Gasteiger partial charge in [0.15, 0.2) is 0 Å². The van der Waals surface area contributed by atoms with Crippen LogP contribution in [0.5, 0.6) is 0 Å². The molecule has 0 amide bonds. The Morgan fingerprint density at radius 3 is 2.65 bits per heavy atom. The molecule has 0 radical (unpaired) electrons. The van der Waals surface area contributed by atoms with E-state index in [4.69, 9.17) is 0 Å². The lowest BCUT2D eigenvalue weighted by atomic mass is 10.0. The first-order chi connectivity index (χ1) is 8.16. The van der Waals surface area contributed by atoms with Gasteiger partial charge < -0.3 is 4.57 Å². The van der Waals surface area contributed by atoms with Crippen LogP contribution < -0.4 is 5.56 Å². The second kappa shape index (κ2) is 4.74. The molecule has 1 aromatic carbocycles. The molecule has 2 rings (SSSR count). The van der Waals surface area contributed by atoms with E-state index >= 15 is 0 Å². The van der Waals surface area contributed by atoms with Gasteiger partial charge in [-0.05, 0) is 31.4 Å². The Labute approximate surface area is 102 Å². The number of benzene rings is 1. The fraction of sp³-hybridized carbons (Fsp3) is 0.400. The summed E-state index contributed by atoms with van der Waals surface area (Å²) in [7, 11) is 1.86. The molecule has 0 saturated carbocycles. The van der Waals surface area contributed by atoms with Crippen LogP contribution in [0, 0.1) is 6.92 Å². The van der Waals surface area contributed by atoms with Crippen molar-refractivity contribution >= 4 is 10.9 Å². The second-order valence-electron chi connectivity index (χ2n) is 4.59. The Morgan fingerprint density at radius 1 is 1.24 bits per heavy atom. The molecule has 1 heterocycles. The number of aromatic nitrogens is 1. The second-order valence-corrected chi connectivity index (χ2v) is 4.59. The maximum atomic E-state index is 12.3. The molecule has 1 aromatic heterocycles. The summed E-state index contributed by atoms with van der Waals surface area (Å²) >= 11 is 0. The normalized spacial score (nSPS) is 11.0. The molecule has 0 fully saturated rings. The van der Waals surface area contributed by atoms with Gasteiger partial charge in [-0.2, -0.15) is 0 Å². The van der Waals surface area contributed by atoms with E-state index in [0.717, 1.165) is 35.9 Å². The number of nitrogens with zero attached hydrogens (tertiary/aromatic N) is 1. The summed E-state index contributed by atoms with van der Waals surface area (Å²) in [4.78, 5) is 12.3. The molecule has 2 aromatic rings. The molecule has 0 bridgehead atoms. The van der Waals surface area contributed by atoms with Crippen LogP contribution in [0.4, 0.5) is 0 Å². The van der Waals surface area contributed by atoms with Crippen LogP contribution in [0.3, 0.4) is 0 Å². The summed E-state index contributed by atoms with van der Waals surface area (Å²) in [6, 6.07) is 8.11. The Kier molecular flexibility index (Phi) is 3.32. The van der Waals surface area contributed by atoms with Crippen molar-refractivity contribution in [3.05, 3.63) is 45.7 Å². The minimum Gasteiger partial charge on any atom is -0.311 e. The largest absolute Gasteiger partial charge is 0.311 e. The summed E-state index contributed by atoms with van der Waals surface area (Å²) in [5.41, 5.74) is 3.31. The van der Waals surface area contributed by atoms with E-state index in [1.54, 1.807) is 4.57 Å². The van der Waals surface area contributed by atoms with E-state index in [1.165, 1.54) is 5.39 Å². The molecular weight excluding hydrogens is 210 g/mol. The van der Waals surface area contributed by atoms with Crippen molar-refractivity contribution in [2.45, 2.75) is 33.1 Å². The lowest BCUT2D eigenvalue weighted by molar-refractivity contribution is 0.767. The van der Waals surface area contributed by atoms with Gasteiger partial charge >= 0.3 is 0 Å². The number of pyridine rings is 1. The zero-order valence-electron chi connectivity index (χ0n) is 10.8. The van der Waals surface area contributed by atoms with Crippen LogP contribution in [0.15, 0.2) is 29.1 Å². The summed E-state index contributed by atoms with van der Waals surface area (Å²) in [5.74, 6) is 0. The fourth-order valence-corrected chi connectivity index (χ4v) is 2.37. The molecule has 0 N–H and O–H groups in total. The first-order valence-electron chi connectivity index (χ1n) is 6.24. The number of unbranched alkanes of at least 4 members (excludes halogenated alkanes) is 1. The fourth-order valence-electron chi connectivity index (χ4n) is 2.37. The van der Waals surface area contributed by atoms with Gasteiger partial charge in [0.1, 0.15) is 0 Å². The quantitative estimate of drug-likeness (QED) is 0.792. The van der Waals surface area contributed by atoms with Gasteiger partial charge in [-0.25, -0.2) is 0 Å². The molecule has 0 spiro atoms. The predicted octanol–water partition coefficient (Wildman–Crippen LogP) is 3.19. The van der Waals surface area contributed by atoms with Crippen LogP contribution in [0.1, 0.15) is 30.9 Å². The Balaban J connectivity index is 2.73. The van der Waals surface area contributed by atoms with Crippen molar-refractivity contribution in [2.75, 3.05) is 0 Å². The van der Waals surface area contributed by atoms with Crippen molar-refractivity contribution in [3.8, 4) is 0 Å². The number of fused-ring (bicyclic) bond motifs is 1. The lowest BCUT2D eigenvalue weighted by Gasteiger charge is -2.12. The van der Waals surface area contributed by atoms with Crippen molar-refractivity contribution in [3.63, 3.8) is 0 Å². The molecule has 0 aliphatic rings. The Bertz CT molecular complexity index is 596. The smallest absolute Gasteiger partial charge is 0.254 e. The first kappa shape index (κ1) is 11.9. The van der Waals surface area contributed by atoms with Crippen molar-refractivity contribution in [1.82, 2.24) is 4.57 Å². The van der Waals surface area contributed by atoms with E-state index in [9.17, 15) is 4.79 Å². The lowest BCUT2D eigenvalue weighted by Crippen LogP contribution is -2.23.